The summed E-state index contributed by atoms with van der Waals surface area (Å²) in [5, 5.41) is 0. The molecule has 1 unspecified atom stereocenters. The average Bonchev–Trinajstić information content (AvgIpc) is 3.06. The van der Waals surface area contributed by atoms with Crippen molar-refractivity contribution in [2.24, 2.45) is 0 Å². The third-order valence-corrected chi connectivity index (χ3v) is 6.55. The summed E-state index contributed by atoms with van der Waals surface area (Å²) in [4.78, 5) is 16.6. The van der Waals surface area contributed by atoms with Crippen LogP contribution in [0.4, 0.5) is 5.95 Å². The number of hydrogen-bond donors (Lipinski definition) is 0. The van der Waals surface area contributed by atoms with E-state index in [9.17, 15) is 0 Å². The second-order valence-electron chi connectivity index (χ2n) is 8.44. The summed E-state index contributed by atoms with van der Waals surface area (Å²) in [7, 11) is 6.28. The minimum absolute atomic E-state index is 0.193. The average molecular weight is 360 g/mol. The molecule has 2 saturated heterocycles. The fourth-order valence-electron chi connectivity index (χ4n) is 4.81. The number of rotatable bonds is 4. The summed E-state index contributed by atoms with van der Waals surface area (Å²) in [5.41, 5.74) is 2.24. The van der Waals surface area contributed by atoms with Crippen LogP contribution < -0.4 is 4.90 Å². The molecule has 26 heavy (non-hydrogen) atoms. The predicted octanol–water partition coefficient (Wildman–Crippen LogP) is 1.89. The van der Waals surface area contributed by atoms with Gasteiger partial charge in [-0.3, -0.25) is 0 Å². The lowest BCUT2D eigenvalue weighted by Gasteiger charge is -2.44. The van der Waals surface area contributed by atoms with E-state index in [1.807, 2.05) is 25.2 Å². The minimum atomic E-state index is -0.193. The highest BCUT2D eigenvalue weighted by atomic mass is 16.5. The van der Waals surface area contributed by atoms with Crippen molar-refractivity contribution in [2.75, 3.05) is 58.8 Å². The molecule has 4 rings (SSSR count). The Hall–Kier alpha value is -1.24. The molecule has 1 aromatic heterocycles. The predicted molar refractivity (Wildman–Crippen MR) is 104 cm³/mol. The van der Waals surface area contributed by atoms with Crippen LogP contribution in [0.5, 0.6) is 0 Å². The number of ether oxygens (including phenoxy) is 1. The number of nitrogens with zero attached hydrogens (tertiary/aromatic N) is 5. The van der Waals surface area contributed by atoms with Gasteiger partial charge in [0.1, 0.15) is 5.60 Å². The van der Waals surface area contributed by atoms with Crippen molar-refractivity contribution < 1.29 is 4.74 Å². The molecule has 2 fully saturated rings. The maximum atomic E-state index is 6.37. The molecule has 0 saturated carbocycles. The molecule has 6 nitrogen and oxygen atoms in total. The molecule has 1 atom stereocenters. The quantitative estimate of drug-likeness (QED) is 0.818. The normalized spacial score (nSPS) is 26.2. The summed E-state index contributed by atoms with van der Waals surface area (Å²) in [5.74, 6) is 0.792. The first-order chi connectivity index (χ1) is 12.6. The Balaban J connectivity index is 1.41. The lowest BCUT2D eigenvalue weighted by atomic mass is 9.83. The monoisotopic (exact) mass is 359 g/mol. The van der Waals surface area contributed by atoms with Crippen molar-refractivity contribution in [1.82, 2.24) is 19.8 Å². The SMILES string of the molecule is CN(C)c1ncc2c(n1)C1(CCN(CCC3CCCN3C)CC1)OCC2. The van der Waals surface area contributed by atoms with E-state index < -0.39 is 0 Å². The van der Waals surface area contributed by atoms with E-state index in [4.69, 9.17) is 9.72 Å². The van der Waals surface area contributed by atoms with Crippen molar-refractivity contribution in [3.63, 3.8) is 0 Å². The highest BCUT2D eigenvalue weighted by molar-refractivity contribution is 5.35. The summed E-state index contributed by atoms with van der Waals surface area (Å²) in [6.07, 6.45) is 9.08. The van der Waals surface area contributed by atoms with Gasteiger partial charge in [0.15, 0.2) is 0 Å². The Morgan fingerprint density at radius 2 is 2.08 bits per heavy atom. The molecule has 4 heterocycles. The molecular weight excluding hydrogens is 326 g/mol. The van der Waals surface area contributed by atoms with Gasteiger partial charge in [-0.2, -0.15) is 0 Å². The molecule has 3 aliphatic rings. The second-order valence-corrected chi connectivity index (χ2v) is 8.44. The number of anilines is 1. The fraction of sp³-hybridized carbons (Fsp3) is 0.800. The van der Waals surface area contributed by atoms with Gasteiger partial charge in [-0.1, -0.05) is 0 Å². The Morgan fingerprint density at radius 1 is 1.27 bits per heavy atom. The molecule has 1 aromatic rings. The van der Waals surface area contributed by atoms with Crippen molar-refractivity contribution >= 4 is 5.95 Å². The van der Waals surface area contributed by atoms with Gasteiger partial charge in [0.05, 0.1) is 12.3 Å². The zero-order valence-electron chi connectivity index (χ0n) is 16.6. The van der Waals surface area contributed by atoms with Crippen LogP contribution in [0.15, 0.2) is 6.20 Å². The Morgan fingerprint density at radius 3 is 2.77 bits per heavy atom. The minimum Gasteiger partial charge on any atom is -0.368 e. The van der Waals surface area contributed by atoms with E-state index in [2.05, 4.69) is 21.8 Å². The van der Waals surface area contributed by atoms with Crippen LogP contribution in [0.2, 0.25) is 0 Å². The van der Waals surface area contributed by atoms with Gasteiger partial charge in [0, 0.05) is 39.4 Å². The summed E-state index contributed by atoms with van der Waals surface area (Å²) in [6, 6.07) is 0.785. The maximum absolute atomic E-state index is 6.37. The van der Waals surface area contributed by atoms with Crippen molar-refractivity contribution in [1.29, 1.82) is 0 Å². The van der Waals surface area contributed by atoms with Gasteiger partial charge in [0.2, 0.25) is 5.95 Å². The lowest BCUT2D eigenvalue weighted by Crippen LogP contribution is -2.48. The molecular formula is C20H33N5O. The van der Waals surface area contributed by atoms with E-state index in [0.717, 1.165) is 56.6 Å². The highest BCUT2D eigenvalue weighted by Gasteiger charge is 2.42. The first-order valence-electron chi connectivity index (χ1n) is 10.2. The van der Waals surface area contributed by atoms with Gasteiger partial charge in [-0.05, 0) is 64.2 Å². The molecule has 0 aromatic carbocycles. The van der Waals surface area contributed by atoms with Crippen LogP contribution in [0.25, 0.3) is 0 Å². The van der Waals surface area contributed by atoms with Crippen LogP contribution in [-0.4, -0.2) is 79.7 Å². The van der Waals surface area contributed by atoms with E-state index in [1.54, 1.807) is 0 Å². The Kier molecular flexibility index (Phi) is 5.17. The lowest BCUT2D eigenvalue weighted by molar-refractivity contribution is -0.101. The topological polar surface area (TPSA) is 44.7 Å². The number of likely N-dealkylation sites (tertiary alicyclic amines) is 2. The molecule has 0 N–H and O–H groups in total. The van der Waals surface area contributed by atoms with E-state index in [0.29, 0.717) is 0 Å². The summed E-state index contributed by atoms with van der Waals surface area (Å²) < 4.78 is 6.37. The molecule has 0 aliphatic carbocycles. The highest BCUT2D eigenvalue weighted by Crippen LogP contribution is 2.40. The number of hydrogen-bond acceptors (Lipinski definition) is 6. The maximum Gasteiger partial charge on any atom is 0.225 e. The van der Waals surface area contributed by atoms with Crippen LogP contribution in [0.1, 0.15) is 43.4 Å². The first kappa shape index (κ1) is 18.1. The second kappa shape index (κ2) is 7.41. The van der Waals surface area contributed by atoms with Crippen molar-refractivity contribution in [3.05, 3.63) is 17.5 Å². The van der Waals surface area contributed by atoms with E-state index in [-0.39, 0.29) is 5.60 Å². The van der Waals surface area contributed by atoms with Gasteiger partial charge < -0.3 is 19.4 Å². The Labute approximate surface area is 157 Å². The molecule has 0 radical (unpaired) electrons. The van der Waals surface area contributed by atoms with Crippen LogP contribution >= 0.6 is 0 Å². The van der Waals surface area contributed by atoms with Gasteiger partial charge in [0.25, 0.3) is 0 Å². The van der Waals surface area contributed by atoms with Crippen LogP contribution in [-0.2, 0) is 16.8 Å². The number of fused-ring (bicyclic) bond motifs is 2. The number of aromatic nitrogens is 2. The molecule has 1 spiro atoms. The first-order valence-corrected chi connectivity index (χ1v) is 10.2. The fourth-order valence-corrected chi connectivity index (χ4v) is 4.81. The van der Waals surface area contributed by atoms with E-state index >= 15 is 0 Å². The standard InChI is InChI=1S/C20H33N5O/c1-23(2)19-21-15-16-7-14-26-20(18(16)22-19)8-12-25(13-9-20)11-6-17-5-4-10-24(17)3/h15,17H,4-14H2,1-3H3. The largest absolute Gasteiger partial charge is 0.368 e. The zero-order valence-corrected chi connectivity index (χ0v) is 16.6. The van der Waals surface area contributed by atoms with Crippen molar-refractivity contribution in [3.8, 4) is 0 Å². The van der Waals surface area contributed by atoms with Crippen LogP contribution in [0, 0.1) is 0 Å². The molecule has 0 amide bonds. The smallest absolute Gasteiger partial charge is 0.225 e. The third kappa shape index (κ3) is 3.47. The molecule has 0 bridgehead atoms. The van der Waals surface area contributed by atoms with Crippen LogP contribution in [0.3, 0.4) is 0 Å². The third-order valence-electron chi connectivity index (χ3n) is 6.55. The Bertz CT molecular complexity index is 627. The van der Waals surface area contributed by atoms with Gasteiger partial charge in [-0.15, -0.1) is 0 Å². The zero-order chi connectivity index (χ0) is 18.1. The molecule has 3 aliphatic heterocycles. The van der Waals surface area contributed by atoms with Gasteiger partial charge >= 0.3 is 0 Å². The summed E-state index contributed by atoms with van der Waals surface area (Å²) >= 11 is 0. The van der Waals surface area contributed by atoms with Gasteiger partial charge in [-0.25, -0.2) is 9.97 Å². The van der Waals surface area contributed by atoms with E-state index in [1.165, 1.54) is 37.9 Å². The number of piperidine rings is 1. The molecule has 6 heteroatoms. The molecule has 144 valence electrons. The van der Waals surface area contributed by atoms with Crippen molar-refractivity contribution in [2.45, 2.75) is 50.2 Å². The summed E-state index contributed by atoms with van der Waals surface area (Å²) in [6.45, 7) is 5.50.